The summed E-state index contributed by atoms with van der Waals surface area (Å²) in [5.41, 5.74) is 1.90. The van der Waals surface area contributed by atoms with Gasteiger partial charge in [-0.15, -0.1) is 11.3 Å². The van der Waals surface area contributed by atoms with E-state index >= 15 is 0 Å². The van der Waals surface area contributed by atoms with Crippen LogP contribution in [0.1, 0.15) is 64.6 Å². The van der Waals surface area contributed by atoms with Crippen molar-refractivity contribution < 1.29 is 31.2 Å². The van der Waals surface area contributed by atoms with E-state index in [1.807, 2.05) is 10.9 Å². The number of thiazole rings is 1. The largest absolute Gasteiger partial charge is 0.543 e. The third-order valence-corrected chi connectivity index (χ3v) is 13.7. The maximum Gasteiger partial charge on any atom is 0.264 e. The van der Waals surface area contributed by atoms with Crippen LogP contribution in [0.5, 0.6) is 5.75 Å². The van der Waals surface area contributed by atoms with E-state index in [2.05, 4.69) is 57.0 Å². The fraction of sp³-hybridized carbons (Fsp3) is 0.655. The lowest BCUT2D eigenvalue weighted by Crippen LogP contribution is -2.43. The SMILES string of the molecule is C[C@@H](CCOCCOCc1ncc(-c2nn(C3CCCCO3)c3ccc(O[Si](C)(C)C(C)(C)C)cc23)s1)OS(C)(=O)=O. The Labute approximate surface area is 254 Å². The topological polar surface area (TPSA) is 111 Å². The van der Waals surface area contributed by atoms with Crippen molar-refractivity contribution in [3.8, 4) is 16.3 Å². The van der Waals surface area contributed by atoms with Crippen molar-refractivity contribution in [2.75, 3.05) is 32.7 Å². The molecule has 0 aliphatic carbocycles. The molecular weight excluding hydrogens is 595 g/mol. The van der Waals surface area contributed by atoms with E-state index < -0.39 is 24.5 Å². The molecule has 0 N–H and O–H groups in total. The van der Waals surface area contributed by atoms with Crippen molar-refractivity contribution in [3.63, 3.8) is 0 Å². The second-order valence-electron chi connectivity index (χ2n) is 12.3. The number of hydrogen-bond acceptors (Lipinski definition) is 10. The van der Waals surface area contributed by atoms with Gasteiger partial charge in [-0.3, -0.25) is 4.18 Å². The molecule has 0 radical (unpaired) electrons. The first-order valence-electron chi connectivity index (χ1n) is 14.6. The van der Waals surface area contributed by atoms with Gasteiger partial charge in [0.05, 0.1) is 42.6 Å². The van der Waals surface area contributed by atoms with E-state index in [1.54, 1.807) is 18.3 Å². The highest BCUT2D eigenvalue weighted by Gasteiger charge is 2.39. The number of benzene rings is 1. The summed E-state index contributed by atoms with van der Waals surface area (Å²) in [4.78, 5) is 5.57. The first-order valence-corrected chi connectivity index (χ1v) is 20.1. The molecule has 2 aromatic heterocycles. The van der Waals surface area contributed by atoms with Crippen molar-refractivity contribution in [1.29, 1.82) is 0 Å². The smallest absolute Gasteiger partial charge is 0.264 e. The molecule has 42 heavy (non-hydrogen) atoms. The van der Waals surface area contributed by atoms with Gasteiger partial charge in [-0.1, -0.05) is 20.8 Å². The van der Waals surface area contributed by atoms with E-state index in [1.165, 1.54) is 0 Å². The van der Waals surface area contributed by atoms with Gasteiger partial charge < -0.3 is 18.6 Å². The van der Waals surface area contributed by atoms with Crippen LogP contribution in [-0.4, -0.2) is 70.3 Å². The summed E-state index contributed by atoms with van der Waals surface area (Å²) >= 11 is 1.56. The Kier molecular flexibility index (Phi) is 10.9. The molecule has 2 atom stereocenters. The average Bonchev–Trinajstić information content (AvgIpc) is 3.51. The molecule has 0 spiro atoms. The monoisotopic (exact) mass is 639 g/mol. The zero-order valence-electron chi connectivity index (χ0n) is 25.8. The minimum Gasteiger partial charge on any atom is -0.543 e. The summed E-state index contributed by atoms with van der Waals surface area (Å²) in [7, 11) is -5.47. The zero-order chi connectivity index (χ0) is 30.5. The van der Waals surface area contributed by atoms with Gasteiger partial charge in [0.2, 0.25) is 8.32 Å². The van der Waals surface area contributed by atoms with E-state index in [-0.39, 0.29) is 11.3 Å². The van der Waals surface area contributed by atoms with Gasteiger partial charge >= 0.3 is 0 Å². The van der Waals surface area contributed by atoms with Crippen molar-refractivity contribution in [2.24, 2.45) is 0 Å². The summed E-state index contributed by atoms with van der Waals surface area (Å²) in [6.07, 6.45) is 6.01. The van der Waals surface area contributed by atoms with Gasteiger partial charge in [0.1, 0.15) is 16.5 Å². The summed E-state index contributed by atoms with van der Waals surface area (Å²) in [5.74, 6) is 0.866. The second kappa shape index (κ2) is 13.8. The van der Waals surface area contributed by atoms with Crippen LogP contribution in [0.15, 0.2) is 24.4 Å². The lowest BCUT2D eigenvalue weighted by atomic mass is 10.1. The molecule has 10 nitrogen and oxygen atoms in total. The maximum atomic E-state index is 11.2. The number of hydrogen-bond donors (Lipinski definition) is 0. The highest BCUT2D eigenvalue weighted by Crippen LogP contribution is 2.40. The average molecular weight is 640 g/mol. The van der Waals surface area contributed by atoms with Gasteiger partial charge in [-0.2, -0.15) is 13.5 Å². The summed E-state index contributed by atoms with van der Waals surface area (Å²) in [6, 6.07) is 6.28. The Morgan fingerprint density at radius 3 is 2.62 bits per heavy atom. The van der Waals surface area contributed by atoms with Gasteiger partial charge in [-0.05, 0) is 68.9 Å². The first-order chi connectivity index (χ1) is 19.7. The molecule has 1 fully saturated rings. The number of aromatic nitrogens is 3. The molecule has 0 amide bonds. The summed E-state index contributed by atoms with van der Waals surface area (Å²) in [5, 5.41) is 7.03. The standard InChI is InChI=1S/C29H45N3O7S2Si/c1-21(38-41(5,33)34)13-15-35-16-17-36-20-26-30-19-25(40-26)28-23-18-22(39-42(6,7)29(2,3)4)11-12-24(23)32(31-28)27-10-8-9-14-37-27/h11-12,18-19,21,27H,8-10,13-17,20H2,1-7H3/t21-,27?/m0/s1. The molecule has 0 saturated carbocycles. The van der Waals surface area contributed by atoms with E-state index in [0.717, 1.165) is 64.4 Å². The number of rotatable bonds is 14. The molecule has 1 unspecified atom stereocenters. The van der Waals surface area contributed by atoms with E-state index in [4.69, 9.17) is 27.9 Å². The molecule has 1 aliphatic heterocycles. The van der Waals surface area contributed by atoms with Crippen LogP contribution < -0.4 is 4.43 Å². The molecule has 1 saturated heterocycles. The maximum absolute atomic E-state index is 11.2. The van der Waals surface area contributed by atoms with Crippen molar-refractivity contribution in [1.82, 2.24) is 14.8 Å². The lowest BCUT2D eigenvalue weighted by molar-refractivity contribution is -0.0365. The molecule has 13 heteroatoms. The van der Waals surface area contributed by atoms with Crippen molar-refractivity contribution in [3.05, 3.63) is 29.4 Å². The number of ether oxygens (including phenoxy) is 3. The molecule has 3 aromatic rings. The Bertz CT molecular complexity index is 1430. The molecule has 3 heterocycles. The molecule has 0 bridgehead atoms. The van der Waals surface area contributed by atoms with E-state index in [0.29, 0.717) is 32.8 Å². The zero-order valence-corrected chi connectivity index (χ0v) is 28.5. The van der Waals surface area contributed by atoms with Crippen LogP contribution in [0.4, 0.5) is 0 Å². The minimum atomic E-state index is -3.46. The minimum absolute atomic E-state index is 0.0844. The molecular formula is C29H45N3O7S2Si. The Morgan fingerprint density at radius 2 is 1.93 bits per heavy atom. The fourth-order valence-electron chi connectivity index (χ4n) is 4.41. The fourth-order valence-corrected chi connectivity index (χ4v) is 6.98. The first kappa shape index (κ1) is 33.0. The van der Waals surface area contributed by atoms with E-state index in [9.17, 15) is 8.42 Å². The molecule has 234 valence electrons. The molecule has 1 aromatic carbocycles. The van der Waals surface area contributed by atoms with Crippen LogP contribution in [-0.2, 0) is 35.1 Å². The summed E-state index contributed by atoms with van der Waals surface area (Å²) < 4.78 is 53.4. The lowest BCUT2D eigenvalue weighted by Gasteiger charge is -2.36. The highest BCUT2D eigenvalue weighted by atomic mass is 32.2. The van der Waals surface area contributed by atoms with Crippen LogP contribution in [0, 0.1) is 0 Å². The van der Waals surface area contributed by atoms with Crippen LogP contribution in [0.25, 0.3) is 21.5 Å². The number of nitrogens with zero attached hydrogens (tertiary/aromatic N) is 3. The Hall–Kier alpha value is -1.87. The van der Waals surface area contributed by atoms with Gasteiger partial charge in [0.15, 0.2) is 6.23 Å². The van der Waals surface area contributed by atoms with Gasteiger partial charge in [0.25, 0.3) is 10.1 Å². The third kappa shape index (κ3) is 8.83. The second-order valence-corrected chi connectivity index (χ2v) is 19.8. The number of fused-ring (bicyclic) bond motifs is 1. The van der Waals surface area contributed by atoms with Crippen molar-refractivity contribution >= 4 is 40.7 Å². The van der Waals surface area contributed by atoms with Gasteiger partial charge in [-0.25, -0.2) is 9.67 Å². The predicted octanol–water partition coefficient (Wildman–Crippen LogP) is 6.53. The molecule has 4 rings (SSSR count). The Morgan fingerprint density at radius 1 is 1.17 bits per heavy atom. The highest BCUT2D eigenvalue weighted by molar-refractivity contribution is 7.86. The van der Waals surface area contributed by atoms with Gasteiger partial charge in [0, 0.05) is 24.8 Å². The quantitative estimate of drug-likeness (QED) is 0.110. The molecule has 1 aliphatic rings. The van der Waals surface area contributed by atoms with Crippen molar-refractivity contribution in [2.45, 2.75) is 90.4 Å². The third-order valence-electron chi connectivity index (χ3n) is 7.68. The van der Waals surface area contributed by atoms with Crippen LogP contribution in [0.2, 0.25) is 18.1 Å². The Balaban J connectivity index is 1.43. The predicted molar refractivity (Wildman–Crippen MR) is 168 cm³/mol. The summed E-state index contributed by atoms with van der Waals surface area (Å²) in [6.45, 7) is 15.3. The van der Waals surface area contributed by atoms with Crippen LogP contribution >= 0.6 is 11.3 Å². The van der Waals surface area contributed by atoms with Crippen LogP contribution in [0.3, 0.4) is 0 Å². The normalized spacial score (nSPS) is 17.5.